The van der Waals surface area contributed by atoms with Crippen LogP contribution in [0.3, 0.4) is 0 Å². The molecular weight excluding hydrogens is 269 g/mol. The van der Waals surface area contributed by atoms with E-state index in [9.17, 15) is 18.0 Å². The lowest BCUT2D eigenvalue weighted by atomic mass is 9.92. The van der Waals surface area contributed by atoms with E-state index in [-0.39, 0.29) is 11.9 Å². The van der Waals surface area contributed by atoms with Crippen molar-refractivity contribution < 1.29 is 22.7 Å². The maximum atomic E-state index is 12.4. The summed E-state index contributed by atoms with van der Waals surface area (Å²) in [6.45, 7) is 2.01. The van der Waals surface area contributed by atoms with Crippen LogP contribution in [0.5, 0.6) is 0 Å². The van der Waals surface area contributed by atoms with Gasteiger partial charge in [-0.05, 0) is 36.5 Å². The molecule has 1 aromatic carbocycles. The van der Waals surface area contributed by atoms with Gasteiger partial charge in [-0.1, -0.05) is 25.5 Å². The predicted molar refractivity (Wildman–Crippen MR) is 70.2 cm³/mol. The van der Waals surface area contributed by atoms with Crippen molar-refractivity contribution >= 4 is 5.97 Å². The Hall–Kier alpha value is -1.52. The molecular formula is C15H19F3O2. The maximum Gasteiger partial charge on any atom is 0.416 e. The van der Waals surface area contributed by atoms with E-state index < -0.39 is 11.7 Å². The van der Waals surface area contributed by atoms with Crippen molar-refractivity contribution in [1.29, 1.82) is 0 Å². The van der Waals surface area contributed by atoms with E-state index in [4.69, 9.17) is 0 Å². The SMILES string of the molecule is CCC(CCC(=O)OC)Cc1ccc(C(F)(F)F)cc1. The molecule has 0 bridgehead atoms. The summed E-state index contributed by atoms with van der Waals surface area (Å²) in [7, 11) is 1.35. The van der Waals surface area contributed by atoms with Crippen LogP contribution in [0, 0.1) is 5.92 Å². The molecule has 0 spiro atoms. The second-order valence-corrected chi connectivity index (χ2v) is 4.79. The van der Waals surface area contributed by atoms with Gasteiger partial charge in [-0.15, -0.1) is 0 Å². The van der Waals surface area contributed by atoms with Gasteiger partial charge in [0.25, 0.3) is 0 Å². The Morgan fingerprint density at radius 2 is 1.85 bits per heavy atom. The lowest BCUT2D eigenvalue weighted by Crippen LogP contribution is -2.09. The predicted octanol–water partition coefficient (Wildman–Crippen LogP) is 4.23. The third kappa shape index (κ3) is 5.23. The first kappa shape index (κ1) is 16.5. The Labute approximate surface area is 116 Å². The zero-order chi connectivity index (χ0) is 15.2. The van der Waals surface area contributed by atoms with E-state index in [1.54, 1.807) is 0 Å². The molecule has 5 heteroatoms. The van der Waals surface area contributed by atoms with E-state index >= 15 is 0 Å². The van der Waals surface area contributed by atoms with Crippen LogP contribution in [0.15, 0.2) is 24.3 Å². The van der Waals surface area contributed by atoms with Gasteiger partial charge in [-0.3, -0.25) is 4.79 Å². The number of methoxy groups -OCH3 is 1. The van der Waals surface area contributed by atoms with Crippen molar-refractivity contribution in [1.82, 2.24) is 0 Å². The third-order valence-corrected chi connectivity index (χ3v) is 3.37. The van der Waals surface area contributed by atoms with Crippen LogP contribution in [-0.4, -0.2) is 13.1 Å². The van der Waals surface area contributed by atoms with Crippen LogP contribution in [0.25, 0.3) is 0 Å². The highest BCUT2D eigenvalue weighted by Gasteiger charge is 2.29. The van der Waals surface area contributed by atoms with Gasteiger partial charge >= 0.3 is 12.1 Å². The average Bonchev–Trinajstić information content (AvgIpc) is 2.42. The van der Waals surface area contributed by atoms with Crippen LogP contribution in [0.1, 0.15) is 37.3 Å². The highest BCUT2D eigenvalue weighted by atomic mass is 19.4. The Balaban J connectivity index is 2.59. The molecule has 0 amide bonds. The lowest BCUT2D eigenvalue weighted by molar-refractivity contribution is -0.141. The van der Waals surface area contributed by atoms with Crippen molar-refractivity contribution in [2.75, 3.05) is 7.11 Å². The number of rotatable bonds is 6. The van der Waals surface area contributed by atoms with Gasteiger partial charge < -0.3 is 4.74 Å². The van der Waals surface area contributed by atoms with Gasteiger partial charge in [0.05, 0.1) is 12.7 Å². The number of hydrogen-bond donors (Lipinski definition) is 0. The van der Waals surface area contributed by atoms with Gasteiger partial charge in [0.2, 0.25) is 0 Å². The van der Waals surface area contributed by atoms with E-state index in [2.05, 4.69) is 4.74 Å². The van der Waals surface area contributed by atoms with Gasteiger partial charge in [-0.25, -0.2) is 0 Å². The van der Waals surface area contributed by atoms with E-state index in [1.807, 2.05) is 6.92 Å². The molecule has 1 atom stereocenters. The Kier molecular flexibility index (Phi) is 6.05. The number of esters is 1. The summed E-state index contributed by atoms with van der Waals surface area (Å²) in [5.41, 5.74) is 0.221. The number of ether oxygens (including phenoxy) is 1. The van der Waals surface area contributed by atoms with Gasteiger partial charge in [0, 0.05) is 6.42 Å². The Morgan fingerprint density at radius 1 is 1.25 bits per heavy atom. The van der Waals surface area contributed by atoms with E-state index in [0.29, 0.717) is 19.3 Å². The van der Waals surface area contributed by atoms with Gasteiger partial charge in [-0.2, -0.15) is 13.2 Å². The number of carbonyl (C=O) groups excluding carboxylic acids is 1. The highest BCUT2D eigenvalue weighted by molar-refractivity contribution is 5.69. The van der Waals surface area contributed by atoms with Crippen molar-refractivity contribution in [3.63, 3.8) is 0 Å². The molecule has 0 saturated carbocycles. The first-order chi connectivity index (χ1) is 9.36. The van der Waals surface area contributed by atoms with Gasteiger partial charge in [0.1, 0.15) is 0 Å². The molecule has 0 radical (unpaired) electrons. The van der Waals surface area contributed by atoms with Crippen LogP contribution in [0.4, 0.5) is 13.2 Å². The summed E-state index contributed by atoms with van der Waals surface area (Å²) in [5, 5.41) is 0. The largest absolute Gasteiger partial charge is 0.469 e. The smallest absolute Gasteiger partial charge is 0.416 e. The minimum Gasteiger partial charge on any atom is -0.469 e. The van der Waals surface area contributed by atoms with Crippen molar-refractivity contribution in [2.24, 2.45) is 5.92 Å². The molecule has 0 aliphatic rings. The van der Waals surface area contributed by atoms with Crippen LogP contribution >= 0.6 is 0 Å². The summed E-state index contributed by atoms with van der Waals surface area (Å²) in [4.78, 5) is 11.1. The average molecular weight is 288 g/mol. The summed E-state index contributed by atoms with van der Waals surface area (Å²) in [6, 6.07) is 5.21. The first-order valence-electron chi connectivity index (χ1n) is 6.59. The normalized spacial score (nSPS) is 13.1. The topological polar surface area (TPSA) is 26.3 Å². The lowest BCUT2D eigenvalue weighted by Gasteiger charge is -2.15. The molecule has 1 aromatic rings. The summed E-state index contributed by atoms with van der Waals surface area (Å²) in [6.07, 6.45) is -1.73. The van der Waals surface area contributed by atoms with Crippen molar-refractivity contribution in [3.8, 4) is 0 Å². The summed E-state index contributed by atoms with van der Waals surface area (Å²) < 4.78 is 41.9. The van der Waals surface area contributed by atoms with Crippen LogP contribution in [0.2, 0.25) is 0 Å². The molecule has 0 fully saturated rings. The zero-order valence-electron chi connectivity index (χ0n) is 11.7. The van der Waals surface area contributed by atoms with Crippen molar-refractivity contribution in [2.45, 2.75) is 38.8 Å². The quantitative estimate of drug-likeness (QED) is 0.732. The summed E-state index contributed by atoms with van der Waals surface area (Å²) in [5.74, 6) is 0.0155. The zero-order valence-corrected chi connectivity index (χ0v) is 11.7. The maximum absolute atomic E-state index is 12.4. The Bertz CT molecular complexity index is 424. The van der Waals surface area contributed by atoms with E-state index in [0.717, 1.165) is 24.1 Å². The molecule has 0 saturated heterocycles. The molecule has 0 N–H and O–H groups in total. The molecule has 1 rings (SSSR count). The molecule has 0 aliphatic carbocycles. The van der Waals surface area contributed by atoms with E-state index in [1.165, 1.54) is 19.2 Å². The molecule has 1 unspecified atom stereocenters. The molecule has 0 heterocycles. The molecule has 0 aliphatic heterocycles. The van der Waals surface area contributed by atoms with Crippen molar-refractivity contribution in [3.05, 3.63) is 35.4 Å². The molecule has 20 heavy (non-hydrogen) atoms. The second-order valence-electron chi connectivity index (χ2n) is 4.79. The number of alkyl halides is 3. The summed E-state index contributed by atoms with van der Waals surface area (Å²) >= 11 is 0. The Morgan fingerprint density at radius 3 is 2.30 bits per heavy atom. The fourth-order valence-electron chi connectivity index (χ4n) is 2.04. The monoisotopic (exact) mass is 288 g/mol. The number of halogens is 3. The number of benzene rings is 1. The third-order valence-electron chi connectivity index (χ3n) is 3.37. The molecule has 2 nitrogen and oxygen atoms in total. The van der Waals surface area contributed by atoms with Crippen LogP contribution in [-0.2, 0) is 22.1 Å². The van der Waals surface area contributed by atoms with Gasteiger partial charge in [0.15, 0.2) is 0 Å². The standard InChI is InChI=1S/C15H19F3O2/c1-3-11(6-9-14(19)20-2)10-12-4-7-13(8-5-12)15(16,17)18/h4-5,7-8,11H,3,6,9-10H2,1-2H3. The van der Waals surface area contributed by atoms with Crippen LogP contribution < -0.4 is 0 Å². The minimum absolute atomic E-state index is 0.254. The number of hydrogen-bond acceptors (Lipinski definition) is 2. The molecule has 0 aromatic heterocycles. The fourth-order valence-corrected chi connectivity index (χ4v) is 2.04. The second kappa shape index (κ2) is 7.31. The first-order valence-corrected chi connectivity index (χ1v) is 6.59. The number of carbonyl (C=O) groups is 1. The molecule has 112 valence electrons. The minimum atomic E-state index is -4.30. The fraction of sp³-hybridized carbons (Fsp3) is 0.533. The highest BCUT2D eigenvalue weighted by Crippen LogP contribution is 2.29.